The van der Waals surface area contributed by atoms with Crippen LogP contribution in [0.5, 0.6) is 0 Å². The van der Waals surface area contributed by atoms with Crippen molar-refractivity contribution in [3.8, 4) is 11.8 Å². The molecular formula is C21H17N5OS2. The number of aliphatic hydroxyl groups is 1. The van der Waals surface area contributed by atoms with Crippen molar-refractivity contribution >= 4 is 38.9 Å². The summed E-state index contributed by atoms with van der Waals surface area (Å²) >= 11 is 2.73. The predicted octanol–water partition coefficient (Wildman–Crippen LogP) is 5.16. The number of aliphatic hydroxyl groups excluding tert-OH is 1. The highest BCUT2D eigenvalue weighted by Crippen LogP contribution is 2.33. The molecule has 1 atom stereocenters. The molecule has 0 fully saturated rings. The fourth-order valence-corrected chi connectivity index (χ4v) is 4.78. The lowest BCUT2D eigenvalue weighted by molar-refractivity contribution is 0.402. The third kappa shape index (κ3) is 3.75. The van der Waals surface area contributed by atoms with Gasteiger partial charge in [0.2, 0.25) is 0 Å². The van der Waals surface area contributed by atoms with Gasteiger partial charge in [0.1, 0.15) is 28.7 Å². The molecule has 1 unspecified atom stereocenters. The average molecular weight is 420 g/mol. The number of benzene rings is 2. The first-order valence-corrected chi connectivity index (χ1v) is 10.6. The van der Waals surface area contributed by atoms with E-state index >= 15 is 0 Å². The van der Waals surface area contributed by atoms with Crippen LogP contribution in [0, 0.1) is 18.3 Å². The summed E-state index contributed by atoms with van der Waals surface area (Å²) < 4.78 is 2.86. The van der Waals surface area contributed by atoms with Gasteiger partial charge in [-0.2, -0.15) is 5.26 Å². The van der Waals surface area contributed by atoms with E-state index in [1.54, 1.807) is 6.33 Å². The number of nitriles is 1. The molecule has 4 rings (SSSR count). The molecule has 0 saturated heterocycles. The fourth-order valence-electron chi connectivity index (χ4n) is 2.91. The normalized spacial score (nSPS) is 13.1. The van der Waals surface area contributed by atoms with E-state index in [-0.39, 0.29) is 11.3 Å². The van der Waals surface area contributed by atoms with E-state index in [1.165, 1.54) is 23.1 Å². The van der Waals surface area contributed by atoms with Gasteiger partial charge in [-0.15, -0.1) is 21.5 Å². The summed E-state index contributed by atoms with van der Waals surface area (Å²) in [4.78, 5) is 4.50. The highest BCUT2D eigenvalue weighted by Gasteiger charge is 2.21. The van der Waals surface area contributed by atoms with Crippen molar-refractivity contribution in [2.75, 3.05) is 0 Å². The largest absolute Gasteiger partial charge is 0.510 e. The van der Waals surface area contributed by atoms with Crippen molar-refractivity contribution in [1.29, 1.82) is 5.26 Å². The van der Waals surface area contributed by atoms with Gasteiger partial charge in [-0.3, -0.25) is 4.57 Å². The molecule has 8 heteroatoms. The van der Waals surface area contributed by atoms with E-state index in [4.69, 9.17) is 0 Å². The van der Waals surface area contributed by atoms with Crippen LogP contribution in [0.2, 0.25) is 0 Å². The second-order valence-corrected chi connectivity index (χ2v) is 8.73. The second-order valence-electron chi connectivity index (χ2n) is 6.39. The van der Waals surface area contributed by atoms with Gasteiger partial charge >= 0.3 is 0 Å². The number of fused-ring (bicyclic) bond motifs is 1. The van der Waals surface area contributed by atoms with Crippen molar-refractivity contribution in [3.05, 3.63) is 71.2 Å². The molecule has 2 heterocycles. The Bertz CT molecular complexity index is 1220. The molecule has 0 aliphatic rings. The Morgan fingerprint density at radius 1 is 1.21 bits per heavy atom. The summed E-state index contributed by atoms with van der Waals surface area (Å²) in [5.74, 6) is -0.0177. The fraction of sp³-hybridized carbons (Fsp3) is 0.143. The average Bonchev–Trinajstić information content (AvgIpc) is 3.35. The first-order chi connectivity index (χ1) is 14.1. The Balaban J connectivity index is 1.66. The predicted molar refractivity (Wildman–Crippen MR) is 116 cm³/mol. The number of nitrogens with zero attached hydrogens (tertiary/aromatic N) is 5. The van der Waals surface area contributed by atoms with E-state index in [0.29, 0.717) is 10.2 Å². The summed E-state index contributed by atoms with van der Waals surface area (Å²) in [5, 5.41) is 29.5. The minimum absolute atomic E-state index is 0.0177. The zero-order chi connectivity index (χ0) is 20.4. The molecule has 29 heavy (non-hydrogen) atoms. The van der Waals surface area contributed by atoms with Crippen molar-refractivity contribution in [1.82, 2.24) is 19.7 Å². The topological polar surface area (TPSA) is 87.6 Å². The van der Waals surface area contributed by atoms with E-state index in [0.717, 1.165) is 21.5 Å². The summed E-state index contributed by atoms with van der Waals surface area (Å²) in [6.07, 6.45) is 1.65. The maximum absolute atomic E-state index is 10.8. The Morgan fingerprint density at radius 3 is 2.72 bits per heavy atom. The van der Waals surface area contributed by atoms with E-state index in [9.17, 15) is 10.4 Å². The zero-order valence-corrected chi connectivity index (χ0v) is 17.4. The van der Waals surface area contributed by atoms with Gasteiger partial charge in [-0.25, -0.2) is 4.98 Å². The Hall–Kier alpha value is -3.15. The van der Waals surface area contributed by atoms with Gasteiger partial charge in [0.15, 0.2) is 5.16 Å². The van der Waals surface area contributed by atoms with Crippen molar-refractivity contribution in [2.24, 2.45) is 0 Å². The minimum Gasteiger partial charge on any atom is -0.510 e. The molecule has 6 nitrogen and oxygen atoms in total. The molecule has 0 saturated carbocycles. The molecule has 0 aliphatic heterocycles. The van der Waals surface area contributed by atoms with Crippen LogP contribution >= 0.6 is 23.1 Å². The standard InChI is InChI=1S/C21H17N5OS2/c1-13-7-3-5-9-17(13)26-12-23-25-21(26)28-14(2)19(27)15(11-22)20-24-16-8-4-6-10-18(16)29-20/h3-10,12,14,27H,1-2H3/b19-15-. The minimum atomic E-state index is -0.399. The van der Waals surface area contributed by atoms with Gasteiger partial charge in [0.25, 0.3) is 0 Å². The zero-order valence-electron chi connectivity index (χ0n) is 15.8. The monoisotopic (exact) mass is 419 g/mol. The van der Waals surface area contributed by atoms with Crippen LogP contribution < -0.4 is 0 Å². The van der Waals surface area contributed by atoms with Gasteiger partial charge in [-0.1, -0.05) is 42.1 Å². The molecule has 4 aromatic rings. The number of aryl methyl sites for hydroxylation is 1. The van der Waals surface area contributed by atoms with Crippen molar-refractivity contribution in [3.63, 3.8) is 0 Å². The van der Waals surface area contributed by atoms with Crippen LogP contribution in [0.3, 0.4) is 0 Å². The Labute approximate surface area is 176 Å². The summed E-state index contributed by atoms with van der Waals surface area (Å²) in [5.41, 5.74) is 3.07. The van der Waals surface area contributed by atoms with Crippen LogP contribution in [-0.4, -0.2) is 30.1 Å². The van der Waals surface area contributed by atoms with Crippen LogP contribution in [0.25, 0.3) is 21.5 Å². The molecule has 0 spiro atoms. The molecule has 0 radical (unpaired) electrons. The number of hydrogen-bond acceptors (Lipinski definition) is 7. The lowest BCUT2D eigenvalue weighted by Gasteiger charge is -2.13. The number of thioether (sulfide) groups is 1. The van der Waals surface area contributed by atoms with Gasteiger partial charge in [0, 0.05) is 0 Å². The third-order valence-electron chi connectivity index (χ3n) is 4.43. The molecule has 2 aromatic heterocycles. The summed E-state index contributed by atoms with van der Waals surface area (Å²) in [6, 6.07) is 17.7. The smallest absolute Gasteiger partial charge is 0.196 e. The molecule has 0 bridgehead atoms. The van der Waals surface area contributed by atoms with E-state index in [2.05, 4.69) is 21.3 Å². The van der Waals surface area contributed by atoms with Crippen molar-refractivity contribution in [2.45, 2.75) is 24.3 Å². The van der Waals surface area contributed by atoms with E-state index < -0.39 is 5.25 Å². The van der Waals surface area contributed by atoms with Gasteiger partial charge < -0.3 is 5.11 Å². The Morgan fingerprint density at radius 2 is 1.97 bits per heavy atom. The molecule has 2 aromatic carbocycles. The first-order valence-electron chi connectivity index (χ1n) is 8.90. The number of aromatic nitrogens is 4. The quantitative estimate of drug-likeness (QED) is 0.273. The maximum Gasteiger partial charge on any atom is 0.196 e. The highest BCUT2D eigenvalue weighted by atomic mass is 32.2. The summed E-state index contributed by atoms with van der Waals surface area (Å²) in [6.45, 7) is 3.85. The molecule has 0 aliphatic carbocycles. The maximum atomic E-state index is 10.8. The third-order valence-corrected chi connectivity index (χ3v) is 6.55. The SMILES string of the molecule is Cc1ccccc1-n1cnnc1SC(C)/C(O)=C(\C#N)c1nc2ccccc2s1. The van der Waals surface area contributed by atoms with Gasteiger partial charge in [0.05, 0.1) is 21.2 Å². The molecule has 144 valence electrons. The first kappa shape index (κ1) is 19.2. The molecular weight excluding hydrogens is 402 g/mol. The lowest BCUT2D eigenvalue weighted by Crippen LogP contribution is -2.06. The lowest BCUT2D eigenvalue weighted by atomic mass is 10.2. The number of allylic oxidation sites excluding steroid dienone is 1. The van der Waals surface area contributed by atoms with E-state index in [1.807, 2.05) is 66.9 Å². The molecule has 0 amide bonds. The van der Waals surface area contributed by atoms with Crippen LogP contribution in [0.15, 0.2) is 65.8 Å². The summed E-state index contributed by atoms with van der Waals surface area (Å²) in [7, 11) is 0. The van der Waals surface area contributed by atoms with Crippen LogP contribution in [0.4, 0.5) is 0 Å². The number of thiazole rings is 1. The number of rotatable bonds is 5. The highest BCUT2D eigenvalue weighted by molar-refractivity contribution is 7.99. The number of hydrogen-bond donors (Lipinski definition) is 1. The molecule has 1 N–H and O–H groups in total. The van der Waals surface area contributed by atoms with Crippen LogP contribution in [-0.2, 0) is 0 Å². The number of para-hydroxylation sites is 2. The van der Waals surface area contributed by atoms with Crippen LogP contribution in [0.1, 0.15) is 17.5 Å². The second kappa shape index (κ2) is 8.07. The van der Waals surface area contributed by atoms with Crippen molar-refractivity contribution < 1.29 is 5.11 Å². The van der Waals surface area contributed by atoms with Gasteiger partial charge in [-0.05, 0) is 37.6 Å². The Kier molecular flexibility index (Phi) is 5.34.